The van der Waals surface area contributed by atoms with Gasteiger partial charge in [0.2, 0.25) is 0 Å². The summed E-state index contributed by atoms with van der Waals surface area (Å²) in [5, 5.41) is 0. The molecular formula is C11H18. The number of rotatable bonds is 3. The normalized spacial score (nSPS) is 10.5. The van der Waals surface area contributed by atoms with Crippen molar-refractivity contribution in [1.82, 2.24) is 0 Å². The fourth-order valence-electron chi connectivity index (χ4n) is 0.545. The van der Waals surface area contributed by atoms with E-state index in [1.54, 1.807) is 6.08 Å². The molecule has 0 unspecified atom stereocenters. The van der Waals surface area contributed by atoms with Gasteiger partial charge in [0.1, 0.15) is 0 Å². The molecular weight excluding hydrogens is 132 g/mol. The fraction of sp³-hybridized carbons (Fsp3) is 0.273. The molecule has 0 nitrogen and oxygen atoms in total. The number of hydrogen-bond acceptors (Lipinski definition) is 0. The van der Waals surface area contributed by atoms with E-state index in [4.69, 9.17) is 0 Å². The van der Waals surface area contributed by atoms with Gasteiger partial charge < -0.3 is 0 Å². The van der Waals surface area contributed by atoms with E-state index in [1.165, 1.54) is 5.57 Å². The summed E-state index contributed by atoms with van der Waals surface area (Å²) in [4.78, 5) is 0. The van der Waals surface area contributed by atoms with E-state index in [-0.39, 0.29) is 0 Å². The highest BCUT2D eigenvalue weighted by Gasteiger charge is 1.73. The highest BCUT2D eigenvalue weighted by Crippen LogP contribution is 1.95. The van der Waals surface area contributed by atoms with Crippen molar-refractivity contribution in [2.24, 2.45) is 0 Å². The van der Waals surface area contributed by atoms with Crippen LogP contribution < -0.4 is 0 Å². The van der Waals surface area contributed by atoms with Gasteiger partial charge >= 0.3 is 0 Å². The van der Waals surface area contributed by atoms with Gasteiger partial charge in [-0.2, -0.15) is 0 Å². The van der Waals surface area contributed by atoms with Gasteiger partial charge in [-0.15, -0.1) is 13.2 Å². The van der Waals surface area contributed by atoms with E-state index in [2.05, 4.69) is 45.7 Å². The Morgan fingerprint density at radius 2 is 1.91 bits per heavy atom. The second-order valence-corrected chi connectivity index (χ2v) is 1.96. The van der Waals surface area contributed by atoms with Crippen molar-refractivity contribution in [2.45, 2.75) is 20.3 Å². The maximum absolute atomic E-state index is 3.60. The molecule has 0 aromatic heterocycles. The summed E-state index contributed by atoms with van der Waals surface area (Å²) < 4.78 is 0. The maximum Gasteiger partial charge on any atom is -0.0376 e. The summed E-state index contributed by atoms with van der Waals surface area (Å²) in [6.45, 7) is 13.8. The first kappa shape index (κ1) is 12.6. The lowest BCUT2D eigenvalue weighted by Crippen LogP contribution is -1.63. The van der Waals surface area contributed by atoms with Gasteiger partial charge in [-0.05, 0) is 13.3 Å². The molecule has 0 atom stereocenters. The van der Waals surface area contributed by atoms with Crippen molar-refractivity contribution in [3.8, 4) is 0 Å². The van der Waals surface area contributed by atoms with Crippen LogP contribution >= 0.6 is 0 Å². The minimum atomic E-state index is 1.10. The Bertz CT molecular complexity index is 138. The predicted molar refractivity (Wildman–Crippen MR) is 54.6 cm³/mol. The molecule has 0 amide bonds. The third-order valence-corrected chi connectivity index (χ3v) is 0.997. The molecule has 0 aromatic rings. The Labute approximate surface area is 70.6 Å². The van der Waals surface area contributed by atoms with E-state index in [0.717, 1.165) is 6.42 Å². The van der Waals surface area contributed by atoms with Crippen molar-refractivity contribution in [1.29, 1.82) is 0 Å². The molecule has 11 heavy (non-hydrogen) atoms. The van der Waals surface area contributed by atoms with Crippen LogP contribution in [0.2, 0.25) is 0 Å². The zero-order valence-electron chi connectivity index (χ0n) is 7.64. The highest BCUT2D eigenvalue weighted by atomic mass is 13.8. The average Bonchev–Trinajstić information content (AvgIpc) is 2.05. The summed E-state index contributed by atoms with van der Waals surface area (Å²) in [6.07, 6.45) is 9.13. The van der Waals surface area contributed by atoms with Gasteiger partial charge in [-0.25, -0.2) is 0 Å². The van der Waals surface area contributed by atoms with Crippen LogP contribution in [-0.4, -0.2) is 0 Å². The van der Waals surface area contributed by atoms with E-state index >= 15 is 0 Å². The fourth-order valence-corrected chi connectivity index (χ4v) is 0.545. The summed E-state index contributed by atoms with van der Waals surface area (Å²) in [5.41, 5.74) is 1.26. The van der Waals surface area contributed by atoms with E-state index in [9.17, 15) is 0 Å². The lowest BCUT2D eigenvalue weighted by atomic mass is 10.2. The summed E-state index contributed by atoms with van der Waals surface area (Å²) in [7, 11) is 0. The summed E-state index contributed by atoms with van der Waals surface area (Å²) in [5.74, 6) is 0. The van der Waals surface area contributed by atoms with Crippen LogP contribution in [-0.2, 0) is 0 Å². The zero-order chi connectivity index (χ0) is 9.11. The molecule has 0 spiro atoms. The monoisotopic (exact) mass is 150 g/mol. The Balaban J connectivity index is 0. The van der Waals surface area contributed by atoms with Crippen molar-refractivity contribution < 1.29 is 0 Å². The number of allylic oxidation sites excluding steroid dienone is 5. The third kappa shape index (κ3) is 12.2. The molecule has 0 aliphatic carbocycles. The largest absolute Gasteiger partial charge is 0.106 e. The Hall–Kier alpha value is -1.04. The molecule has 0 fully saturated rings. The van der Waals surface area contributed by atoms with Crippen molar-refractivity contribution in [3.05, 3.63) is 49.6 Å². The van der Waals surface area contributed by atoms with Gasteiger partial charge in [-0.1, -0.05) is 43.4 Å². The molecule has 0 rings (SSSR count). The summed E-state index contributed by atoms with van der Waals surface area (Å²) in [6, 6.07) is 0. The van der Waals surface area contributed by atoms with Crippen LogP contribution in [0.25, 0.3) is 0 Å². The van der Waals surface area contributed by atoms with E-state index < -0.39 is 0 Å². The van der Waals surface area contributed by atoms with Crippen molar-refractivity contribution in [3.63, 3.8) is 0 Å². The van der Waals surface area contributed by atoms with Crippen LogP contribution in [0.1, 0.15) is 20.3 Å². The molecule has 0 heteroatoms. The lowest BCUT2D eigenvalue weighted by molar-refractivity contribution is 1.22. The number of hydrogen-bond donors (Lipinski definition) is 0. The zero-order valence-corrected chi connectivity index (χ0v) is 7.64. The first-order chi connectivity index (χ1) is 5.31. The molecule has 0 radical (unpaired) electrons. The molecule has 0 bridgehead atoms. The van der Waals surface area contributed by atoms with E-state index in [0.29, 0.717) is 0 Å². The van der Waals surface area contributed by atoms with Gasteiger partial charge in [0.05, 0.1) is 0 Å². The van der Waals surface area contributed by atoms with Gasteiger partial charge in [0, 0.05) is 0 Å². The quantitative estimate of drug-likeness (QED) is 0.423. The van der Waals surface area contributed by atoms with Crippen molar-refractivity contribution >= 4 is 0 Å². The van der Waals surface area contributed by atoms with Gasteiger partial charge in [0.15, 0.2) is 0 Å². The average molecular weight is 150 g/mol. The molecule has 0 saturated carbocycles. The third-order valence-electron chi connectivity index (χ3n) is 0.997. The second kappa shape index (κ2) is 11.7. The summed E-state index contributed by atoms with van der Waals surface area (Å²) >= 11 is 0. The Morgan fingerprint density at radius 3 is 2.27 bits per heavy atom. The van der Waals surface area contributed by atoms with Crippen LogP contribution in [0, 0.1) is 0 Å². The molecule has 0 N–H and O–H groups in total. The van der Waals surface area contributed by atoms with Crippen molar-refractivity contribution in [2.75, 3.05) is 0 Å². The SMILES string of the molecule is C=C.C=C/C=C(C)\C=C/CC. The minimum Gasteiger partial charge on any atom is -0.106 e. The minimum absolute atomic E-state index is 1.10. The molecule has 0 heterocycles. The van der Waals surface area contributed by atoms with E-state index in [1.807, 2.05) is 6.08 Å². The second-order valence-electron chi connectivity index (χ2n) is 1.96. The van der Waals surface area contributed by atoms with Crippen LogP contribution in [0.3, 0.4) is 0 Å². The molecule has 62 valence electrons. The Kier molecular flexibility index (Phi) is 13.4. The highest BCUT2D eigenvalue weighted by molar-refractivity contribution is 5.20. The van der Waals surface area contributed by atoms with Gasteiger partial charge in [0.25, 0.3) is 0 Å². The molecule has 0 aliphatic rings. The first-order valence-electron chi connectivity index (χ1n) is 3.77. The topological polar surface area (TPSA) is 0 Å². The molecule has 0 saturated heterocycles. The Morgan fingerprint density at radius 1 is 1.36 bits per heavy atom. The predicted octanol–water partition coefficient (Wildman–Crippen LogP) is 3.89. The smallest absolute Gasteiger partial charge is 0.0376 e. The van der Waals surface area contributed by atoms with Crippen LogP contribution in [0.4, 0.5) is 0 Å². The maximum atomic E-state index is 3.60. The first-order valence-corrected chi connectivity index (χ1v) is 3.77. The molecule has 0 aliphatic heterocycles. The van der Waals surface area contributed by atoms with Crippen LogP contribution in [0.5, 0.6) is 0 Å². The van der Waals surface area contributed by atoms with Crippen LogP contribution in [0.15, 0.2) is 49.6 Å². The van der Waals surface area contributed by atoms with Gasteiger partial charge in [-0.3, -0.25) is 0 Å². The standard InChI is InChI=1S/C9H14.C2H4/c1-4-6-8-9(3)7-5-2;1-2/h5-8H,2,4H2,1,3H3;1-2H2/b8-6-,9-7-;. The lowest BCUT2D eigenvalue weighted by Gasteiger charge is -1.84. The molecule has 0 aromatic carbocycles.